The fourth-order valence-corrected chi connectivity index (χ4v) is 12.6. The Morgan fingerprint density at radius 1 is 0.458 bits per heavy atom. The van der Waals surface area contributed by atoms with Gasteiger partial charge in [-0.05, 0) is 197 Å². The highest BCUT2D eigenvalue weighted by Gasteiger charge is 2.43. The van der Waals surface area contributed by atoms with Crippen LogP contribution in [0.15, 0.2) is 127 Å². The summed E-state index contributed by atoms with van der Waals surface area (Å²) < 4.78 is 0. The Labute approximate surface area is 439 Å². The molecular weight excluding hydrogens is 867 g/mol. The van der Waals surface area contributed by atoms with Gasteiger partial charge in [-0.1, -0.05) is 218 Å². The zero-order valence-electron chi connectivity index (χ0n) is 46.7. The quantitative estimate of drug-likeness (QED) is 0.0443. The number of aryl methyl sites for hydroxylation is 3. The minimum Gasteiger partial charge on any atom is -0.311 e. The molecule has 0 radical (unpaired) electrons. The Morgan fingerprint density at radius 3 is 1.50 bits per heavy atom. The molecule has 0 fully saturated rings. The highest BCUT2D eigenvalue weighted by molar-refractivity contribution is 5.85. The number of hydrogen-bond donors (Lipinski definition) is 0. The highest BCUT2D eigenvalue weighted by Crippen LogP contribution is 2.56. The standard InChI is InChI=1S/C71H93N/c1-10-16-17-18-22-25-48-71(49-26-23-20-19-21-24-27-54-28-29-56-30-31-58(56)50-54)67-51-59(36-46-65(67)66-47-39-61(52-68(66)71)70(9,14-5)15-6)57-34-42-63(43-35-57)72(62-40-32-55(33-41-62)53(7)11-2)64-44-37-60(38-45-64)69(8,12-3)13-4/h28-29,32-47,50-53H,10-27,30-31,48-49H2,1-9H3. The van der Waals surface area contributed by atoms with Crippen molar-refractivity contribution in [1.29, 1.82) is 0 Å². The van der Waals surface area contributed by atoms with E-state index in [0.717, 1.165) is 32.1 Å². The number of hydrogen-bond acceptors (Lipinski definition) is 1. The van der Waals surface area contributed by atoms with Crippen LogP contribution < -0.4 is 4.90 Å². The topological polar surface area (TPSA) is 3.24 Å². The molecule has 2 aliphatic carbocycles. The maximum absolute atomic E-state index is 2.71. The molecule has 2 aliphatic rings. The van der Waals surface area contributed by atoms with Gasteiger partial charge in [-0.3, -0.25) is 0 Å². The van der Waals surface area contributed by atoms with E-state index in [9.17, 15) is 0 Å². The SMILES string of the molecule is CCCCCCCCC1(CCCCCCCCc2ccc3c(c2)CC3)c2cc(-c3ccc(N(c4ccc(C(C)CC)cc4)c4ccc(C(C)(CC)CC)cc4)cc3)ccc2-c2ccc(C(C)(CC)CC)cc21. The number of benzene rings is 6. The number of rotatable bonds is 28. The Balaban J connectivity index is 1.10. The Bertz CT molecular complexity index is 2640. The lowest BCUT2D eigenvalue weighted by atomic mass is 9.68. The van der Waals surface area contributed by atoms with Crippen molar-refractivity contribution < 1.29 is 0 Å². The smallest absolute Gasteiger partial charge is 0.0462 e. The summed E-state index contributed by atoms with van der Waals surface area (Å²) in [6.45, 7) is 21.3. The summed E-state index contributed by atoms with van der Waals surface area (Å²) in [5.74, 6) is 0.544. The number of fused-ring (bicyclic) bond motifs is 4. The van der Waals surface area contributed by atoms with Crippen molar-refractivity contribution in [3.05, 3.63) is 172 Å². The molecule has 1 heteroatoms. The summed E-state index contributed by atoms with van der Waals surface area (Å²) >= 11 is 0. The molecule has 0 spiro atoms. The van der Waals surface area contributed by atoms with Gasteiger partial charge in [0, 0.05) is 22.5 Å². The van der Waals surface area contributed by atoms with E-state index in [1.54, 1.807) is 27.8 Å². The molecule has 0 aromatic heterocycles. The fraction of sp³-hybridized carbons (Fsp3) is 0.493. The van der Waals surface area contributed by atoms with E-state index in [2.05, 4.69) is 195 Å². The molecule has 0 heterocycles. The first-order valence-electron chi connectivity index (χ1n) is 29.5. The molecule has 0 saturated carbocycles. The third-order valence-corrected chi connectivity index (χ3v) is 19.0. The molecule has 1 nitrogen and oxygen atoms in total. The molecule has 0 aliphatic heterocycles. The first kappa shape index (κ1) is 53.4. The molecule has 2 unspecified atom stereocenters. The van der Waals surface area contributed by atoms with E-state index in [4.69, 9.17) is 0 Å². The van der Waals surface area contributed by atoms with Crippen molar-refractivity contribution in [1.82, 2.24) is 0 Å². The fourth-order valence-electron chi connectivity index (χ4n) is 12.6. The molecule has 0 saturated heterocycles. The predicted octanol–water partition coefficient (Wildman–Crippen LogP) is 21.6. The Kier molecular flexibility index (Phi) is 18.1. The lowest BCUT2D eigenvalue weighted by molar-refractivity contribution is 0.394. The Hall–Kier alpha value is -4.88. The first-order chi connectivity index (χ1) is 35.0. The second-order valence-electron chi connectivity index (χ2n) is 23.2. The number of unbranched alkanes of at least 4 members (excludes halogenated alkanes) is 10. The van der Waals surface area contributed by atoms with Crippen LogP contribution in [0.25, 0.3) is 22.3 Å². The molecule has 0 amide bonds. The first-order valence-corrected chi connectivity index (χ1v) is 29.5. The van der Waals surface area contributed by atoms with Gasteiger partial charge in [0.1, 0.15) is 0 Å². The summed E-state index contributed by atoms with van der Waals surface area (Å²) in [5, 5.41) is 0. The zero-order valence-corrected chi connectivity index (χ0v) is 46.7. The zero-order chi connectivity index (χ0) is 50.7. The van der Waals surface area contributed by atoms with Crippen LogP contribution in [0.1, 0.15) is 235 Å². The minimum atomic E-state index is 0.0225. The van der Waals surface area contributed by atoms with Crippen LogP contribution in [0.5, 0.6) is 0 Å². The van der Waals surface area contributed by atoms with E-state index < -0.39 is 0 Å². The van der Waals surface area contributed by atoms with Crippen molar-refractivity contribution in [2.45, 2.75) is 226 Å². The van der Waals surface area contributed by atoms with Crippen LogP contribution in [0.3, 0.4) is 0 Å². The van der Waals surface area contributed by atoms with Crippen molar-refractivity contribution in [3.8, 4) is 22.3 Å². The monoisotopic (exact) mass is 960 g/mol. The van der Waals surface area contributed by atoms with E-state index >= 15 is 0 Å². The molecule has 382 valence electrons. The van der Waals surface area contributed by atoms with Gasteiger partial charge >= 0.3 is 0 Å². The summed E-state index contributed by atoms with van der Waals surface area (Å²) in [6, 6.07) is 50.9. The van der Waals surface area contributed by atoms with Crippen molar-refractivity contribution in [2.75, 3.05) is 4.90 Å². The van der Waals surface area contributed by atoms with Gasteiger partial charge in [0.05, 0.1) is 0 Å². The highest BCUT2D eigenvalue weighted by atomic mass is 15.1. The van der Waals surface area contributed by atoms with Gasteiger partial charge in [0.25, 0.3) is 0 Å². The molecule has 6 aromatic rings. The van der Waals surface area contributed by atoms with Crippen LogP contribution in [0.2, 0.25) is 0 Å². The van der Waals surface area contributed by atoms with Gasteiger partial charge in [-0.25, -0.2) is 0 Å². The van der Waals surface area contributed by atoms with Crippen LogP contribution in [-0.4, -0.2) is 0 Å². The molecule has 72 heavy (non-hydrogen) atoms. The molecule has 8 rings (SSSR count). The van der Waals surface area contributed by atoms with Gasteiger partial charge < -0.3 is 4.90 Å². The van der Waals surface area contributed by atoms with E-state index in [-0.39, 0.29) is 16.2 Å². The predicted molar refractivity (Wildman–Crippen MR) is 315 cm³/mol. The molecule has 0 bridgehead atoms. The summed E-state index contributed by atoms with van der Waals surface area (Å²) in [4.78, 5) is 2.46. The third kappa shape index (κ3) is 11.6. The summed E-state index contributed by atoms with van der Waals surface area (Å²) in [5.41, 5.74) is 21.9. The van der Waals surface area contributed by atoms with Crippen LogP contribution in [-0.2, 0) is 35.5 Å². The minimum absolute atomic E-state index is 0.0225. The maximum Gasteiger partial charge on any atom is 0.0462 e. The lowest BCUT2D eigenvalue weighted by Gasteiger charge is -2.35. The lowest BCUT2D eigenvalue weighted by Crippen LogP contribution is -2.27. The average molecular weight is 961 g/mol. The van der Waals surface area contributed by atoms with Gasteiger partial charge in [-0.2, -0.15) is 0 Å². The van der Waals surface area contributed by atoms with E-state index in [0.29, 0.717) is 5.92 Å². The molecular formula is C71H93N. The van der Waals surface area contributed by atoms with E-state index in [1.165, 1.54) is 165 Å². The summed E-state index contributed by atoms with van der Waals surface area (Å²) in [6.07, 6.45) is 27.9. The van der Waals surface area contributed by atoms with Gasteiger partial charge in [0.15, 0.2) is 0 Å². The Morgan fingerprint density at radius 2 is 0.944 bits per heavy atom. The second-order valence-corrected chi connectivity index (χ2v) is 23.2. The van der Waals surface area contributed by atoms with Crippen LogP contribution in [0.4, 0.5) is 17.1 Å². The van der Waals surface area contributed by atoms with Crippen LogP contribution in [0, 0.1) is 0 Å². The van der Waals surface area contributed by atoms with Crippen molar-refractivity contribution >= 4 is 17.1 Å². The largest absolute Gasteiger partial charge is 0.311 e. The average Bonchev–Trinajstić information content (AvgIpc) is 3.68. The molecule has 6 aromatic carbocycles. The number of anilines is 3. The third-order valence-electron chi connectivity index (χ3n) is 19.0. The van der Waals surface area contributed by atoms with Crippen molar-refractivity contribution in [3.63, 3.8) is 0 Å². The van der Waals surface area contributed by atoms with Crippen LogP contribution >= 0.6 is 0 Å². The molecule has 2 atom stereocenters. The summed E-state index contributed by atoms with van der Waals surface area (Å²) in [7, 11) is 0. The van der Waals surface area contributed by atoms with E-state index in [1.807, 2.05) is 0 Å². The van der Waals surface area contributed by atoms with Gasteiger partial charge in [-0.15, -0.1) is 0 Å². The second kappa shape index (κ2) is 24.4. The van der Waals surface area contributed by atoms with Crippen molar-refractivity contribution in [2.24, 2.45) is 0 Å². The normalized spacial score (nSPS) is 15.5. The molecule has 0 N–H and O–H groups in total. The van der Waals surface area contributed by atoms with Gasteiger partial charge in [0.2, 0.25) is 0 Å². The maximum atomic E-state index is 2.71. The number of nitrogens with zero attached hydrogens (tertiary/aromatic N) is 1.